The fraction of sp³-hybridized carbons (Fsp3) is 0.600. The predicted octanol–water partition coefficient (Wildman–Crippen LogP) is 3.85. The number of carbonyl (C=O) groups is 2. The van der Waals surface area contributed by atoms with Gasteiger partial charge in [-0.1, -0.05) is 30.3 Å². The maximum absolute atomic E-state index is 12.5. The van der Waals surface area contributed by atoms with Crippen LogP contribution < -0.4 is 0 Å². The fourth-order valence-corrected chi connectivity index (χ4v) is 3.19. The van der Waals surface area contributed by atoms with Crippen molar-refractivity contribution in [3.8, 4) is 0 Å². The number of rotatable bonds is 4. The second kappa shape index (κ2) is 7.46. The van der Waals surface area contributed by atoms with E-state index in [1.165, 1.54) is 0 Å². The molecule has 0 spiro atoms. The highest BCUT2D eigenvalue weighted by molar-refractivity contribution is 5.79. The Bertz CT molecular complexity index is 609. The topological polar surface area (TPSA) is 49.9 Å². The van der Waals surface area contributed by atoms with E-state index < -0.39 is 5.60 Å². The van der Waals surface area contributed by atoms with Gasteiger partial charge in [-0.05, 0) is 40.2 Å². The summed E-state index contributed by atoms with van der Waals surface area (Å²) in [6.07, 6.45) is 0.118. The van der Waals surface area contributed by atoms with E-state index in [4.69, 9.17) is 4.74 Å². The zero-order chi connectivity index (χ0) is 18.8. The van der Waals surface area contributed by atoms with Crippen molar-refractivity contribution in [1.82, 2.24) is 9.80 Å². The van der Waals surface area contributed by atoms with Crippen LogP contribution in [0.4, 0.5) is 4.79 Å². The van der Waals surface area contributed by atoms with Crippen molar-refractivity contribution in [2.45, 2.75) is 58.7 Å². The summed E-state index contributed by atoms with van der Waals surface area (Å²) in [5, 5.41) is 0. The minimum atomic E-state index is -0.523. The van der Waals surface area contributed by atoms with Gasteiger partial charge in [0.15, 0.2) is 0 Å². The highest BCUT2D eigenvalue weighted by Gasteiger charge is 2.38. The number of ether oxygens (including phenoxy) is 1. The zero-order valence-electron chi connectivity index (χ0n) is 16.2. The van der Waals surface area contributed by atoms with Crippen molar-refractivity contribution in [3.05, 3.63) is 35.9 Å². The molecule has 1 heterocycles. The molecule has 0 radical (unpaired) electrons. The van der Waals surface area contributed by atoms with Crippen molar-refractivity contribution in [3.63, 3.8) is 0 Å². The molecule has 0 aromatic heterocycles. The Morgan fingerprint density at radius 1 is 1.24 bits per heavy atom. The maximum atomic E-state index is 12.5. The van der Waals surface area contributed by atoms with Crippen LogP contribution in [0.1, 0.15) is 52.6 Å². The molecule has 1 fully saturated rings. The van der Waals surface area contributed by atoms with Crippen molar-refractivity contribution < 1.29 is 14.3 Å². The first-order valence-corrected chi connectivity index (χ1v) is 8.90. The van der Waals surface area contributed by atoms with Crippen LogP contribution in [-0.2, 0) is 9.53 Å². The highest BCUT2D eigenvalue weighted by atomic mass is 16.6. The Kier molecular flexibility index (Phi) is 5.76. The molecule has 0 aliphatic carbocycles. The fourth-order valence-electron chi connectivity index (χ4n) is 3.19. The number of nitrogens with zero attached hydrogens (tertiary/aromatic N) is 2. The average molecular weight is 346 g/mol. The van der Waals surface area contributed by atoms with Crippen LogP contribution in [0.5, 0.6) is 0 Å². The summed E-state index contributed by atoms with van der Waals surface area (Å²) in [6.45, 7) is 10.3. The molecule has 3 atom stereocenters. The first kappa shape index (κ1) is 19.3. The summed E-state index contributed by atoms with van der Waals surface area (Å²) in [5.41, 5.74) is 0.606. The standard InChI is InChI=1S/C20H30N2O3/c1-14(21(6)19(24)25-20(3,4)5)17-12-18(23)22(13-17)15(2)16-10-8-7-9-11-16/h7-11,14-15,17H,12-13H2,1-6H3/t14-,15-,17-/m1/s1. The molecule has 0 unspecified atom stereocenters. The van der Waals surface area contributed by atoms with Gasteiger partial charge in [0.05, 0.1) is 6.04 Å². The van der Waals surface area contributed by atoms with Gasteiger partial charge in [-0.25, -0.2) is 4.79 Å². The second-order valence-corrected chi connectivity index (χ2v) is 7.93. The van der Waals surface area contributed by atoms with E-state index in [1.807, 2.05) is 62.9 Å². The molecule has 5 heteroatoms. The summed E-state index contributed by atoms with van der Waals surface area (Å²) in [7, 11) is 1.74. The third-order valence-electron chi connectivity index (χ3n) is 4.91. The van der Waals surface area contributed by atoms with E-state index in [9.17, 15) is 9.59 Å². The Morgan fingerprint density at radius 2 is 1.84 bits per heavy atom. The summed E-state index contributed by atoms with van der Waals surface area (Å²) in [6, 6.07) is 10.0. The average Bonchev–Trinajstić information content (AvgIpc) is 2.93. The predicted molar refractivity (Wildman–Crippen MR) is 98.1 cm³/mol. The van der Waals surface area contributed by atoms with E-state index in [2.05, 4.69) is 6.92 Å². The monoisotopic (exact) mass is 346 g/mol. The Labute approximate surface area is 150 Å². The van der Waals surface area contributed by atoms with Crippen molar-refractivity contribution in [1.29, 1.82) is 0 Å². The molecule has 25 heavy (non-hydrogen) atoms. The van der Waals surface area contributed by atoms with Crippen LogP contribution in [0.15, 0.2) is 30.3 Å². The van der Waals surface area contributed by atoms with Gasteiger partial charge in [-0.2, -0.15) is 0 Å². The second-order valence-electron chi connectivity index (χ2n) is 7.93. The van der Waals surface area contributed by atoms with Gasteiger partial charge in [-0.15, -0.1) is 0 Å². The summed E-state index contributed by atoms with van der Waals surface area (Å²) < 4.78 is 5.44. The molecule has 2 amide bonds. The van der Waals surface area contributed by atoms with Gasteiger partial charge in [0.1, 0.15) is 5.60 Å². The van der Waals surface area contributed by atoms with Crippen LogP contribution in [0.25, 0.3) is 0 Å². The molecule has 1 aromatic rings. The maximum Gasteiger partial charge on any atom is 0.410 e. The molecule has 1 aromatic carbocycles. The van der Waals surface area contributed by atoms with E-state index >= 15 is 0 Å². The van der Waals surface area contributed by atoms with Gasteiger partial charge >= 0.3 is 6.09 Å². The lowest BCUT2D eigenvalue weighted by Crippen LogP contribution is -2.43. The van der Waals surface area contributed by atoms with Gasteiger partial charge in [0, 0.05) is 32.0 Å². The molecule has 0 bridgehead atoms. The van der Waals surface area contributed by atoms with Gasteiger partial charge < -0.3 is 14.5 Å². The number of benzene rings is 1. The van der Waals surface area contributed by atoms with Gasteiger partial charge in [-0.3, -0.25) is 4.79 Å². The van der Waals surface area contributed by atoms with Crippen LogP contribution in [-0.4, -0.2) is 47.0 Å². The molecule has 1 aliphatic rings. The highest BCUT2D eigenvalue weighted by Crippen LogP contribution is 2.31. The number of hydrogen-bond donors (Lipinski definition) is 0. The Balaban J connectivity index is 2.02. The van der Waals surface area contributed by atoms with Crippen molar-refractivity contribution >= 4 is 12.0 Å². The van der Waals surface area contributed by atoms with E-state index in [1.54, 1.807) is 11.9 Å². The molecule has 1 aliphatic heterocycles. The Morgan fingerprint density at radius 3 is 2.40 bits per heavy atom. The molecule has 1 saturated heterocycles. The lowest BCUT2D eigenvalue weighted by atomic mass is 9.99. The van der Waals surface area contributed by atoms with Crippen LogP contribution in [0.2, 0.25) is 0 Å². The number of carbonyl (C=O) groups excluding carboxylic acids is 2. The van der Waals surface area contributed by atoms with Crippen LogP contribution >= 0.6 is 0 Å². The SMILES string of the molecule is C[C@H]([C@@H]1CC(=O)N([C@H](C)c2ccccc2)C1)N(C)C(=O)OC(C)(C)C. The van der Waals surface area contributed by atoms with Crippen LogP contribution in [0, 0.1) is 5.92 Å². The van der Waals surface area contributed by atoms with E-state index in [0.717, 1.165) is 5.56 Å². The smallest absolute Gasteiger partial charge is 0.410 e. The molecular formula is C20H30N2O3. The molecule has 5 nitrogen and oxygen atoms in total. The number of hydrogen-bond acceptors (Lipinski definition) is 3. The van der Waals surface area contributed by atoms with Crippen molar-refractivity contribution in [2.75, 3.05) is 13.6 Å². The number of amides is 2. The minimum absolute atomic E-state index is 0.0396. The molecule has 2 rings (SSSR count). The lowest BCUT2D eigenvalue weighted by molar-refractivity contribution is -0.129. The van der Waals surface area contributed by atoms with E-state index in [-0.39, 0.29) is 30.0 Å². The van der Waals surface area contributed by atoms with Crippen LogP contribution in [0.3, 0.4) is 0 Å². The summed E-state index contributed by atoms with van der Waals surface area (Å²) in [5.74, 6) is 0.252. The molecular weight excluding hydrogens is 316 g/mol. The zero-order valence-corrected chi connectivity index (χ0v) is 16.2. The third-order valence-corrected chi connectivity index (χ3v) is 4.91. The number of likely N-dealkylation sites (tertiary alicyclic amines) is 1. The Hall–Kier alpha value is -2.04. The van der Waals surface area contributed by atoms with Gasteiger partial charge in [0.25, 0.3) is 0 Å². The normalized spacial score (nSPS) is 20.3. The largest absolute Gasteiger partial charge is 0.444 e. The first-order chi connectivity index (χ1) is 11.6. The minimum Gasteiger partial charge on any atom is -0.444 e. The summed E-state index contributed by atoms with van der Waals surface area (Å²) >= 11 is 0. The quantitative estimate of drug-likeness (QED) is 0.832. The van der Waals surface area contributed by atoms with Gasteiger partial charge in [0.2, 0.25) is 5.91 Å². The summed E-state index contributed by atoms with van der Waals surface area (Å²) in [4.78, 5) is 28.3. The van der Waals surface area contributed by atoms with E-state index in [0.29, 0.717) is 13.0 Å². The molecule has 138 valence electrons. The van der Waals surface area contributed by atoms with Crippen molar-refractivity contribution in [2.24, 2.45) is 5.92 Å². The first-order valence-electron chi connectivity index (χ1n) is 8.90. The molecule has 0 N–H and O–H groups in total. The third kappa shape index (κ3) is 4.74. The molecule has 0 saturated carbocycles. The lowest BCUT2D eigenvalue weighted by Gasteiger charge is -2.32.